The molecule has 1 heterocycles. The molecule has 0 spiro atoms. The number of benzene rings is 1. The van der Waals surface area contributed by atoms with Crippen molar-refractivity contribution in [2.24, 2.45) is 0 Å². The van der Waals surface area contributed by atoms with Crippen LogP contribution in [0.25, 0.3) is 0 Å². The minimum Gasteiger partial charge on any atom is -0.490 e. The van der Waals surface area contributed by atoms with E-state index in [2.05, 4.69) is 10.3 Å². The number of carbonyl (C=O) groups excluding carboxylic acids is 2. The van der Waals surface area contributed by atoms with Crippen LogP contribution in [0, 0.1) is 0 Å². The lowest BCUT2D eigenvalue weighted by Crippen LogP contribution is -2.35. The first-order chi connectivity index (χ1) is 13.5. The van der Waals surface area contributed by atoms with Crippen LogP contribution in [-0.4, -0.2) is 48.5 Å². The second-order valence-electron chi connectivity index (χ2n) is 6.19. The van der Waals surface area contributed by atoms with E-state index in [4.69, 9.17) is 9.47 Å². The predicted molar refractivity (Wildman–Crippen MR) is 108 cm³/mol. The number of amides is 2. The molecule has 0 saturated carbocycles. The Morgan fingerprint density at radius 2 is 1.86 bits per heavy atom. The number of carbonyl (C=O) groups is 2. The molecule has 0 unspecified atom stereocenters. The van der Waals surface area contributed by atoms with Gasteiger partial charge in [0.2, 0.25) is 11.8 Å². The summed E-state index contributed by atoms with van der Waals surface area (Å²) in [5.41, 5.74) is 1.58. The number of aryl methyl sites for hydroxylation is 1. The highest BCUT2D eigenvalue weighted by Gasteiger charge is 2.14. The molecule has 0 aliphatic rings. The van der Waals surface area contributed by atoms with Gasteiger partial charge in [0, 0.05) is 37.6 Å². The van der Waals surface area contributed by atoms with Crippen molar-refractivity contribution >= 4 is 17.5 Å². The minimum atomic E-state index is -0.274. The molecule has 0 atom stereocenters. The van der Waals surface area contributed by atoms with E-state index in [-0.39, 0.29) is 18.4 Å². The van der Waals surface area contributed by atoms with Crippen molar-refractivity contribution in [3.05, 3.63) is 48.3 Å². The molecule has 2 aromatic rings. The summed E-state index contributed by atoms with van der Waals surface area (Å²) < 4.78 is 11.1. The van der Waals surface area contributed by atoms with Crippen LogP contribution in [0.1, 0.15) is 25.8 Å². The largest absolute Gasteiger partial charge is 0.490 e. The van der Waals surface area contributed by atoms with Crippen molar-refractivity contribution in [1.82, 2.24) is 9.88 Å². The number of aromatic nitrogens is 1. The van der Waals surface area contributed by atoms with Crippen LogP contribution in [0.15, 0.2) is 42.7 Å². The van der Waals surface area contributed by atoms with Gasteiger partial charge in [-0.2, -0.15) is 0 Å². The quantitative estimate of drug-likeness (QED) is 0.680. The van der Waals surface area contributed by atoms with Crippen molar-refractivity contribution in [2.45, 2.75) is 26.7 Å². The molecule has 1 aromatic heterocycles. The smallest absolute Gasteiger partial charge is 0.243 e. The maximum atomic E-state index is 12.3. The number of ether oxygens (including phenoxy) is 2. The first-order valence-electron chi connectivity index (χ1n) is 9.35. The lowest BCUT2D eigenvalue weighted by molar-refractivity contribution is -0.133. The van der Waals surface area contributed by atoms with E-state index in [1.807, 2.05) is 26.0 Å². The first-order valence-corrected chi connectivity index (χ1v) is 9.35. The van der Waals surface area contributed by atoms with E-state index in [0.717, 1.165) is 5.56 Å². The molecule has 0 saturated heterocycles. The summed E-state index contributed by atoms with van der Waals surface area (Å²) in [6.45, 7) is 4.77. The van der Waals surface area contributed by atoms with E-state index < -0.39 is 0 Å². The molecule has 150 valence electrons. The topological polar surface area (TPSA) is 80.8 Å². The monoisotopic (exact) mass is 385 g/mol. The molecular formula is C21H27N3O4. The van der Waals surface area contributed by atoms with E-state index in [1.54, 1.807) is 37.6 Å². The molecule has 1 N–H and O–H groups in total. The second kappa shape index (κ2) is 10.9. The molecule has 28 heavy (non-hydrogen) atoms. The van der Waals surface area contributed by atoms with Crippen LogP contribution in [0.2, 0.25) is 0 Å². The molecule has 0 bridgehead atoms. The fraction of sp³-hybridized carbons (Fsp3) is 0.381. The van der Waals surface area contributed by atoms with Crippen molar-refractivity contribution in [3.63, 3.8) is 0 Å². The predicted octanol–water partition coefficient (Wildman–Crippen LogP) is 2.91. The van der Waals surface area contributed by atoms with Crippen molar-refractivity contribution < 1.29 is 19.1 Å². The summed E-state index contributed by atoms with van der Waals surface area (Å²) in [4.78, 5) is 30.0. The Morgan fingerprint density at radius 3 is 2.54 bits per heavy atom. The van der Waals surface area contributed by atoms with Gasteiger partial charge in [0.25, 0.3) is 0 Å². The van der Waals surface area contributed by atoms with Gasteiger partial charge < -0.3 is 19.7 Å². The van der Waals surface area contributed by atoms with Gasteiger partial charge in [-0.05, 0) is 44.0 Å². The van der Waals surface area contributed by atoms with E-state index >= 15 is 0 Å². The highest BCUT2D eigenvalue weighted by atomic mass is 16.5. The van der Waals surface area contributed by atoms with Crippen LogP contribution < -0.4 is 14.8 Å². The first kappa shape index (κ1) is 21.2. The number of pyridine rings is 1. The Kier molecular flexibility index (Phi) is 8.27. The second-order valence-corrected chi connectivity index (χ2v) is 6.19. The molecule has 0 aliphatic carbocycles. The fourth-order valence-corrected chi connectivity index (χ4v) is 2.62. The molecule has 7 nitrogen and oxygen atoms in total. The Morgan fingerprint density at radius 1 is 1.11 bits per heavy atom. The van der Waals surface area contributed by atoms with Gasteiger partial charge in [-0.25, -0.2) is 0 Å². The fourth-order valence-electron chi connectivity index (χ4n) is 2.62. The Labute approximate surface area is 165 Å². The Hall–Kier alpha value is -3.09. The number of rotatable bonds is 10. The van der Waals surface area contributed by atoms with Crippen LogP contribution in [-0.2, 0) is 16.0 Å². The molecule has 0 radical (unpaired) electrons. The number of hydrogen-bond donors (Lipinski definition) is 1. The highest BCUT2D eigenvalue weighted by Crippen LogP contribution is 2.30. The number of nitrogens with zero attached hydrogens (tertiary/aromatic N) is 2. The molecule has 2 amide bonds. The number of hydrogen-bond acceptors (Lipinski definition) is 5. The number of likely N-dealkylation sites (N-methyl/N-ethyl adjacent to an activating group) is 1. The molecule has 0 aliphatic heterocycles. The van der Waals surface area contributed by atoms with Gasteiger partial charge in [-0.15, -0.1) is 0 Å². The third-order valence-electron chi connectivity index (χ3n) is 3.98. The lowest BCUT2D eigenvalue weighted by Gasteiger charge is -2.17. The van der Waals surface area contributed by atoms with Gasteiger partial charge in [-0.1, -0.05) is 6.07 Å². The van der Waals surface area contributed by atoms with E-state index in [9.17, 15) is 9.59 Å². The molecule has 2 rings (SSSR count). The highest BCUT2D eigenvalue weighted by molar-refractivity contribution is 5.94. The summed E-state index contributed by atoms with van der Waals surface area (Å²) in [6.07, 6.45) is 4.35. The Bertz CT molecular complexity index is 780. The maximum Gasteiger partial charge on any atom is 0.243 e. The molecule has 7 heteroatoms. The lowest BCUT2D eigenvalue weighted by atomic mass is 10.1. The third kappa shape index (κ3) is 6.57. The maximum absolute atomic E-state index is 12.3. The standard InChI is InChI=1S/C21H27N3O4/c1-4-27-18-10-9-17(13-19(18)28-5-2)23-20(25)15-24(3)21(26)11-8-16-7-6-12-22-14-16/h6-7,9-10,12-14H,4-5,8,11,15H2,1-3H3,(H,23,25). The van der Waals surface area contributed by atoms with Gasteiger partial charge in [0.1, 0.15) is 0 Å². The van der Waals surface area contributed by atoms with Crippen molar-refractivity contribution in [1.29, 1.82) is 0 Å². The van der Waals surface area contributed by atoms with Crippen LogP contribution >= 0.6 is 0 Å². The van der Waals surface area contributed by atoms with E-state index in [1.165, 1.54) is 4.90 Å². The summed E-state index contributed by atoms with van der Waals surface area (Å²) in [6, 6.07) is 8.98. The van der Waals surface area contributed by atoms with Crippen molar-refractivity contribution in [3.8, 4) is 11.5 Å². The molecular weight excluding hydrogens is 358 g/mol. The summed E-state index contributed by atoms with van der Waals surface area (Å²) in [5.74, 6) is 0.831. The third-order valence-corrected chi connectivity index (χ3v) is 3.98. The summed E-state index contributed by atoms with van der Waals surface area (Å²) in [5, 5.41) is 2.79. The van der Waals surface area contributed by atoms with Crippen LogP contribution in [0.5, 0.6) is 11.5 Å². The Balaban J connectivity index is 1.88. The van der Waals surface area contributed by atoms with E-state index in [0.29, 0.717) is 43.2 Å². The van der Waals surface area contributed by atoms with Gasteiger partial charge in [0.15, 0.2) is 11.5 Å². The van der Waals surface area contributed by atoms with Gasteiger partial charge >= 0.3 is 0 Å². The van der Waals surface area contributed by atoms with Gasteiger partial charge in [-0.3, -0.25) is 14.6 Å². The SMILES string of the molecule is CCOc1ccc(NC(=O)CN(C)C(=O)CCc2cccnc2)cc1OCC. The van der Waals surface area contributed by atoms with Crippen molar-refractivity contribution in [2.75, 3.05) is 32.1 Å². The summed E-state index contributed by atoms with van der Waals surface area (Å²) >= 11 is 0. The van der Waals surface area contributed by atoms with Crippen LogP contribution in [0.4, 0.5) is 5.69 Å². The van der Waals surface area contributed by atoms with Crippen LogP contribution in [0.3, 0.4) is 0 Å². The zero-order valence-corrected chi connectivity index (χ0v) is 16.6. The molecule has 0 fully saturated rings. The zero-order chi connectivity index (χ0) is 20.4. The average Bonchev–Trinajstić information content (AvgIpc) is 2.69. The summed E-state index contributed by atoms with van der Waals surface area (Å²) in [7, 11) is 1.62. The normalized spacial score (nSPS) is 10.2. The van der Waals surface area contributed by atoms with Gasteiger partial charge in [0.05, 0.1) is 19.8 Å². The average molecular weight is 385 g/mol. The molecule has 1 aromatic carbocycles. The number of nitrogens with one attached hydrogen (secondary N) is 1. The zero-order valence-electron chi connectivity index (χ0n) is 16.6. The number of anilines is 1. The minimum absolute atomic E-state index is 0.0247.